The molecular weight excluding hydrogens is 516 g/mol. The van der Waals surface area contributed by atoms with Crippen LogP contribution in [0.15, 0.2) is 121 Å². The minimum atomic E-state index is -0.610. The lowest BCUT2D eigenvalue weighted by atomic mass is 9.94. The molecule has 0 aromatic heterocycles. The van der Waals surface area contributed by atoms with Gasteiger partial charge in [-0.15, -0.1) is 0 Å². The van der Waals surface area contributed by atoms with Crippen LogP contribution in [0.4, 0.5) is 0 Å². The first-order chi connectivity index (χ1) is 20.3. The highest BCUT2D eigenvalue weighted by molar-refractivity contribution is 5.16. The summed E-state index contributed by atoms with van der Waals surface area (Å²) in [5, 5.41) is 10.4. The van der Waals surface area contributed by atoms with E-state index in [9.17, 15) is 5.11 Å². The van der Waals surface area contributed by atoms with Crippen molar-refractivity contribution in [3.8, 4) is 0 Å². The Bertz CT molecular complexity index is 1260. The maximum Gasteiger partial charge on any atom is 0.115 e. The average molecular weight is 555 g/mol. The molecule has 1 saturated heterocycles. The maximum atomic E-state index is 10.4. The third kappa shape index (κ3) is 8.57. The Kier molecular flexibility index (Phi) is 11.1. The lowest BCUT2D eigenvalue weighted by Crippen LogP contribution is -2.62. The summed E-state index contributed by atoms with van der Waals surface area (Å²) in [7, 11) is 0. The normalized spacial score (nSPS) is 22.4. The Balaban J connectivity index is 1.38. The summed E-state index contributed by atoms with van der Waals surface area (Å²) < 4.78 is 32.2. The first-order valence-corrected chi connectivity index (χ1v) is 14.1. The van der Waals surface area contributed by atoms with Crippen LogP contribution in [0.25, 0.3) is 0 Å². The second-order valence-electron chi connectivity index (χ2n) is 10.2. The van der Waals surface area contributed by atoms with Crippen molar-refractivity contribution in [3.05, 3.63) is 144 Å². The highest BCUT2D eigenvalue weighted by Crippen LogP contribution is 2.31. The molecule has 1 aliphatic rings. The third-order valence-electron chi connectivity index (χ3n) is 7.16. The summed E-state index contributed by atoms with van der Waals surface area (Å²) in [6.07, 6.45) is -2.66. The van der Waals surface area contributed by atoms with Gasteiger partial charge in [0.15, 0.2) is 0 Å². The summed E-state index contributed by atoms with van der Waals surface area (Å²) >= 11 is 0. The quantitative estimate of drug-likeness (QED) is 0.215. The van der Waals surface area contributed by atoms with Gasteiger partial charge in [0.2, 0.25) is 0 Å². The lowest BCUT2D eigenvalue weighted by Gasteiger charge is -2.46. The van der Waals surface area contributed by atoms with Crippen molar-refractivity contribution in [2.24, 2.45) is 0 Å². The van der Waals surface area contributed by atoms with E-state index in [1.54, 1.807) is 0 Å². The van der Waals surface area contributed by atoms with E-state index >= 15 is 0 Å². The van der Waals surface area contributed by atoms with Gasteiger partial charge in [-0.2, -0.15) is 0 Å². The molecule has 0 amide bonds. The van der Waals surface area contributed by atoms with Crippen molar-refractivity contribution < 1.29 is 28.8 Å². The maximum absolute atomic E-state index is 10.4. The van der Waals surface area contributed by atoms with Gasteiger partial charge in [-0.1, -0.05) is 121 Å². The summed E-state index contributed by atoms with van der Waals surface area (Å²) in [5.41, 5.74) is 4.19. The summed E-state index contributed by atoms with van der Waals surface area (Å²) in [6, 6.07) is 40.1. The zero-order valence-electron chi connectivity index (χ0n) is 23.2. The van der Waals surface area contributed by atoms with Gasteiger partial charge in [0.05, 0.1) is 39.6 Å². The molecule has 0 unspecified atom stereocenters. The summed E-state index contributed by atoms with van der Waals surface area (Å²) in [4.78, 5) is 0. The Hall–Kier alpha value is -3.36. The van der Waals surface area contributed by atoms with E-state index < -0.39 is 30.5 Å². The van der Waals surface area contributed by atoms with Crippen molar-refractivity contribution in [1.29, 1.82) is 0 Å². The standard InChI is InChI=1S/C35H38O6/c36-21-31-33(38-23-28-15-7-2-8-16-28)35(40-25-30-19-11-4-12-20-30)34(39-24-29-17-9-3-10-18-29)32(41-31)26-37-22-27-13-5-1-6-14-27/h1-20,31-36H,21-26H2/t31-,32-,33+,34+,35-/m1/s1. The van der Waals surface area contributed by atoms with E-state index in [1.807, 2.05) is 121 Å². The third-order valence-corrected chi connectivity index (χ3v) is 7.16. The SMILES string of the molecule is OC[C@H]1O[C@H](COCc2ccccc2)[C@H](OCc2ccccc2)[C@H](OCc2ccccc2)[C@H]1OCc1ccccc1. The minimum Gasteiger partial charge on any atom is -0.394 e. The van der Waals surface area contributed by atoms with E-state index in [-0.39, 0.29) is 13.2 Å². The molecule has 0 bridgehead atoms. The molecule has 1 heterocycles. The van der Waals surface area contributed by atoms with Crippen molar-refractivity contribution in [2.75, 3.05) is 13.2 Å². The van der Waals surface area contributed by atoms with Crippen molar-refractivity contribution in [1.82, 2.24) is 0 Å². The number of benzene rings is 4. The Morgan fingerprint density at radius 2 is 0.829 bits per heavy atom. The van der Waals surface area contributed by atoms with Crippen molar-refractivity contribution in [3.63, 3.8) is 0 Å². The molecular formula is C35H38O6. The van der Waals surface area contributed by atoms with Crippen molar-refractivity contribution >= 4 is 0 Å². The molecule has 6 nitrogen and oxygen atoms in total. The van der Waals surface area contributed by atoms with Gasteiger partial charge in [-0.25, -0.2) is 0 Å². The van der Waals surface area contributed by atoms with Crippen LogP contribution in [0.1, 0.15) is 22.3 Å². The van der Waals surface area contributed by atoms with E-state index in [1.165, 1.54) is 0 Å². The first-order valence-electron chi connectivity index (χ1n) is 14.1. The number of aliphatic hydroxyl groups is 1. The van der Waals surface area contributed by atoms with Crippen molar-refractivity contribution in [2.45, 2.75) is 56.9 Å². The van der Waals surface area contributed by atoms with Gasteiger partial charge in [0.25, 0.3) is 0 Å². The first kappa shape index (κ1) is 29.1. The molecule has 0 spiro atoms. The van der Waals surface area contributed by atoms with E-state index in [2.05, 4.69) is 0 Å². The second kappa shape index (κ2) is 15.6. The number of ether oxygens (including phenoxy) is 5. The number of hydrogen-bond donors (Lipinski definition) is 1. The molecule has 4 aromatic carbocycles. The van der Waals surface area contributed by atoms with Crippen LogP contribution in [0.2, 0.25) is 0 Å². The number of rotatable bonds is 14. The van der Waals surface area contributed by atoms with Crippen LogP contribution >= 0.6 is 0 Å². The van der Waals surface area contributed by atoms with Gasteiger partial charge in [0.1, 0.15) is 30.5 Å². The van der Waals surface area contributed by atoms with Crippen LogP contribution in [-0.2, 0) is 50.1 Å². The Labute approximate surface area is 242 Å². The highest BCUT2D eigenvalue weighted by atomic mass is 16.6. The average Bonchev–Trinajstić information content (AvgIpc) is 3.04. The van der Waals surface area contributed by atoms with Crippen LogP contribution < -0.4 is 0 Å². The molecule has 1 aliphatic heterocycles. The van der Waals surface area contributed by atoms with E-state index in [0.717, 1.165) is 22.3 Å². The largest absolute Gasteiger partial charge is 0.394 e. The molecule has 1 fully saturated rings. The van der Waals surface area contributed by atoms with Crippen LogP contribution in [0.5, 0.6) is 0 Å². The summed E-state index contributed by atoms with van der Waals surface area (Å²) in [5.74, 6) is 0. The molecule has 0 radical (unpaired) electrons. The minimum absolute atomic E-state index is 0.217. The molecule has 214 valence electrons. The van der Waals surface area contributed by atoms with Crippen LogP contribution in [0, 0.1) is 0 Å². The molecule has 5 rings (SSSR count). The molecule has 0 saturated carbocycles. The molecule has 0 aliphatic carbocycles. The second-order valence-corrected chi connectivity index (χ2v) is 10.2. The van der Waals surface area contributed by atoms with E-state index in [0.29, 0.717) is 26.4 Å². The van der Waals surface area contributed by atoms with Gasteiger partial charge < -0.3 is 28.8 Å². The zero-order chi connectivity index (χ0) is 28.1. The highest BCUT2D eigenvalue weighted by Gasteiger charge is 2.48. The molecule has 41 heavy (non-hydrogen) atoms. The molecule has 5 atom stereocenters. The molecule has 4 aromatic rings. The fourth-order valence-corrected chi connectivity index (χ4v) is 5.03. The monoisotopic (exact) mass is 554 g/mol. The smallest absolute Gasteiger partial charge is 0.115 e. The lowest BCUT2D eigenvalue weighted by molar-refractivity contribution is -0.277. The van der Waals surface area contributed by atoms with Gasteiger partial charge >= 0.3 is 0 Å². The Morgan fingerprint density at radius 3 is 1.24 bits per heavy atom. The predicted octanol–water partition coefficient (Wildman–Crippen LogP) is 5.72. The summed E-state index contributed by atoms with van der Waals surface area (Å²) in [6.45, 7) is 1.62. The fourth-order valence-electron chi connectivity index (χ4n) is 5.03. The molecule has 6 heteroatoms. The topological polar surface area (TPSA) is 66.4 Å². The van der Waals surface area contributed by atoms with Crippen LogP contribution in [0.3, 0.4) is 0 Å². The zero-order valence-corrected chi connectivity index (χ0v) is 23.2. The van der Waals surface area contributed by atoms with Gasteiger partial charge in [0, 0.05) is 0 Å². The van der Waals surface area contributed by atoms with Gasteiger partial charge in [-0.05, 0) is 22.3 Å². The number of aliphatic hydroxyl groups excluding tert-OH is 1. The number of hydrogen-bond acceptors (Lipinski definition) is 6. The fraction of sp³-hybridized carbons (Fsp3) is 0.314. The van der Waals surface area contributed by atoms with E-state index in [4.69, 9.17) is 23.7 Å². The Morgan fingerprint density at radius 1 is 0.463 bits per heavy atom. The van der Waals surface area contributed by atoms with Gasteiger partial charge in [-0.3, -0.25) is 0 Å². The molecule has 1 N–H and O–H groups in total. The van der Waals surface area contributed by atoms with Crippen LogP contribution in [-0.4, -0.2) is 48.8 Å². The predicted molar refractivity (Wildman–Crippen MR) is 157 cm³/mol.